The van der Waals surface area contributed by atoms with Crippen LogP contribution in [0.3, 0.4) is 0 Å². The van der Waals surface area contributed by atoms with Crippen LogP contribution in [0.1, 0.15) is 29.3 Å². The Morgan fingerprint density at radius 2 is 2.28 bits per heavy atom. The van der Waals surface area contributed by atoms with Crippen LogP contribution in [0.5, 0.6) is 0 Å². The van der Waals surface area contributed by atoms with Gasteiger partial charge in [-0.25, -0.2) is 4.39 Å². The van der Waals surface area contributed by atoms with Gasteiger partial charge in [0.2, 0.25) is 0 Å². The molecule has 18 heavy (non-hydrogen) atoms. The summed E-state index contributed by atoms with van der Waals surface area (Å²) >= 11 is 0. The highest BCUT2D eigenvalue weighted by molar-refractivity contribution is 5.94. The Bertz CT molecular complexity index is 447. The Kier molecular flexibility index (Phi) is 3.97. The third kappa shape index (κ3) is 2.88. The van der Waals surface area contributed by atoms with Gasteiger partial charge in [0.15, 0.2) is 0 Å². The molecule has 0 spiro atoms. The van der Waals surface area contributed by atoms with E-state index in [1.807, 2.05) is 0 Å². The quantitative estimate of drug-likeness (QED) is 0.841. The minimum Gasteiger partial charge on any atom is -0.348 e. The van der Waals surface area contributed by atoms with Gasteiger partial charge in [-0.1, -0.05) is 13.0 Å². The van der Waals surface area contributed by atoms with Crippen LogP contribution >= 0.6 is 0 Å². The molecule has 0 bridgehead atoms. The van der Waals surface area contributed by atoms with Crippen LogP contribution in [0.2, 0.25) is 0 Å². The number of aryl methyl sites for hydroxylation is 1. The van der Waals surface area contributed by atoms with Gasteiger partial charge < -0.3 is 10.6 Å². The van der Waals surface area contributed by atoms with Crippen LogP contribution in [0.4, 0.5) is 4.39 Å². The molecule has 1 fully saturated rings. The zero-order valence-corrected chi connectivity index (χ0v) is 10.8. The molecule has 1 aromatic carbocycles. The van der Waals surface area contributed by atoms with E-state index in [1.165, 1.54) is 6.07 Å². The normalized spacial score (nSPS) is 23.7. The number of nitrogens with one attached hydrogen (secondary N) is 2. The van der Waals surface area contributed by atoms with E-state index in [1.54, 1.807) is 19.1 Å². The molecule has 0 radical (unpaired) electrons. The van der Waals surface area contributed by atoms with E-state index in [0.717, 1.165) is 19.5 Å². The molecular formula is C14H19FN2O. The Labute approximate surface area is 107 Å². The van der Waals surface area contributed by atoms with E-state index < -0.39 is 0 Å². The van der Waals surface area contributed by atoms with Crippen molar-refractivity contribution in [3.05, 3.63) is 35.1 Å². The first-order chi connectivity index (χ1) is 8.58. The molecule has 2 atom stereocenters. The van der Waals surface area contributed by atoms with Gasteiger partial charge in [-0.05, 0) is 43.5 Å². The molecule has 1 aliphatic heterocycles. The first-order valence-electron chi connectivity index (χ1n) is 6.35. The Hall–Kier alpha value is -1.42. The molecule has 1 heterocycles. The van der Waals surface area contributed by atoms with Gasteiger partial charge in [-0.15, -0.1) is 0 Å². The smallest absolute Gasteiger partial charge is 0.251 e. The van der Waals surface area contributed by atoms with E-state index in [9.17, 15) is 9.18 Å². The third-order valence-electron chi connectivity index (χ3n) is 3.58. The fourth-order valence-corrected chi connectivity index (χ4v) is 2.17. The zero-order chi connectivity index (χ0) is 13.1. The molecule has 1 saturated heterocycles. The number of amides is 1. The van der Waals surface area contributed by atoms with Crippen LogP contribution in [0, 0.1) is 18.7 Å². The highest BCUT2D eigenvalue weighted by atomic mass is 19.1. The summed E-state index contributed by atoms with van der Waals surface area (Å²) in [4.78, 5) is 12.0. The van der Waals surface area contributed by atoms with Crippen molar-refractivity contribution in [1.82, 2.24) is 10.6 Å². The fraction of sp³-hybridized carbons (Fsp3) is 0.500. The SMILES string of the molecule is Cc1ccc(C(=O)N[C@@H]2CNCC[C@H]2C)cc1F. The van der Waals surface area contributed by atoms with Gasteiger partial charge in [0.05, 0.1) is 0 Å². The summed E-state index contributed by atoms with van der Waals surface area (Å²) < 4.78 is 13.4. The van der Waals surface area contributed by atoms with Gasteiger partial charge in [-0.3, -0.25) is 4.79 Å². The van der Waals surface area contributed by atoms with Gasteiger partial charge >= 0.3 is 0 Å². The molecule has 3 nitrogen and oxygen atoms in total. The maximum Gasteiger partial charge on any atom is 0.251 e. The van der Waals surface area contributed by atoms with Crippen LogP contribution < -0.4 is 10.6 Å². The van der Waals surface area contributed by atoms with E-state index in [0.29, 0.717) is 17.0 Å². The van der Waals surface area contributed by atoms with Gasteiger partial charge in [0.1, 0.15) is 5.82 Å². The average Bonchev–Trinajstić information content (AvgIpc) is 2.35. The minimum atomic E-state index is -0.336. The molecule has 4 heteroatoms. The first kappa shape index (κ1) is 13.0. The van der Waals surface area contributed by atoms with E-state index >= 15 is 0 Å². The number of halogens is 1. The van der Waals surface area contributed by atoms with Crippen molar-refractivity contribution in [2.24, 2.45) is 5.92 Å². The summed E-state index contributed by atoms with van der Waals surface area (Å²) in [7, 11) is 0. The maximum atomic E-state index is 13.4. The molecule has 1 amide bonds. The third-order valence-corrected chi connectivity index (χ3v) is 3.58. The standard InChI is InChI=1S/C14H19FN2O/c1-9-3-4-11(7-12(9)15)14(18)17-13-8-16-6-5-10(13)2/h3-4,7,10,13,16H,5-6,8H2,1-2H3,(H,17,18)/t10-,13-/m1/s1. The predicted molar refractivity (Wildman–Crippen MR) is 69.0 cm³/mol. The molecule has 0 saturated carbocycles. The maximum absolute atomic E-state index is 13.4. The summed E-state index contributed by atoms with van der Waals surface area (Å²) in [5.41, 5.74) is 0.940. The molecule has 1 aliphatic rings. The van der Waals surface area contributed by atoms with Gasteiger partial charge in [0.25, 0.3) is 5.91 Å². The summed E-state index contributed by atoms with van der Waals surface area (Å²) in [5.74, 6) is -0.0857. The number of hydrogen-bond acceptors (Lipinski definition) is 2. The van der Waals surface area contributed by atoms with Crippen molar-refractivity contribution in [3.8, 4) is 0 Å². The number of carbonyl (C=O) groups is 1. The predicted octanol–water partition coefficient (Wildman–Crippen LogP) is 1.86. The second-order valence-corrected chi connectivity index (χ2v) is 5.01. The summed E-state index contributed by atoms with van der Waals surface area (Å²) in [5, 5.41) is 6.22. The average molecular weight is 250 g/mol. The molecule has 1 aromatic rings. The summed E-state index contributed by atoms with van der Waals surface area (Å²) in [6, 6.07) is 4.71. The van der Waals surface area contributed by atoms with Crippen LogP contribution in [0.15, 0.2) is 18.2 Å². The molecule has 0 unspecified atom stereocenters. The molecule has 0 aromatic heterocycles. The molecular weight excluding hydrogens is 231 g/mol. The lowest BCUT2D eigenvalue weighted by atomic mass is 9.94. The van der Waals surface area contributed by atoms with Crippen LogP contribution in [-0.4, -0.2) is 25.0 Å². The van der Waals surface area contributed by atoms with E-state index in [4.69, 9.17) is 0 Å². The second kappa shape index (κ2) is 5.48. The zero-order valence-electron chi connectivity index (χ0n) is 10.8. The summed E-state index contributed by atoms with van der Waals surface area (Å²) in [6.45, 7) is 5.58. The summed E-state index contributed by atoms with van der Waals surface area (Å²) in [6.07, 6.45) is 1.05. The highest BCUT2D eigenvalue weighted by Crippen LogP contribution is 2.13. The monoisotopic (exact) mass is 250 g/mol. The molecule has 98 valence electrons. The van der Waals surface area contributed by atoms with Crippen molar-refractivity contribution in [1.29, 1.82) is 0 Å². The number of carbonyl (C=O) groups excluding carboxylic acids is 1. The van der Waals surface area contributed by atoms with Crippen molar-refractivity contribution in [3.63, 3.8) is 0 Å². The molecule has 0 aliphatic carbocycles. The number of piperidine rings is 1. The van der Waals surface area contributed by atoms with Gasteiger partial charge in [-0.2, -0.15) is 0 Å². The van der Waals surface area contributed by atoms with Crippen LogP contribution in [0.25, 0.3) is 0 Å². The lowest BCUT2D eigenvalue weighted by Gasteiger charge is -2.30. The highest BCUT2D eigenvalue weighted by Gasteiger charge is 2.23. The number of benzene rings is 1. The number of hydrogen-bond donors (Lipinski definition) is 2. The van der Waals surface area contributed by atoms with E-state index in [2.05, 4.69) is 17.6 Å². The number of rotatable bonds is 2. The molecule has 2 rings (SSSR count). The molecule has 2 N–H and O–H groups in total. The minimum absolute atomic E-state index is 0.121. The Morgan fingerprint density at radius 3 is 2.94 bits per heavy atom. The lowest BCUT2D eigenvalue weighted by molar-refractivity contribution is 0.0915. The lowest BCUT2D eigenvalue weighted by Crippen LogP contribution is -2.50. The van der Waals surface area contributed by atoms with Crippen molar-refractivity contribution in [2.75, 3.05) is 13.1 Å². The van der Waals surface area contributed by atoms with Gasteiger partial charge in [0, 0.05) is 18.2 Å². The van der Waals surface area contributed by atoms with Crippen molar-refractivity contribution < 1.29 is 9.18 Å². The van der Waals surface area contributed by atoms with Crippen molar-refractivity contribution >= 4 is 5.91 Å². The van der Waals surface area contributed by atoms with E-state index in [-0.39, 0.29) is 17.8 Å². The first-order valence-corrected chi connectivity index (χ1v) is 6.35. The van der Waals surface area contributed by atoms with Crippen molar-refractivity contribution in [2.45, 2.75) is 26.3 Å². The fourth-order valence-electron chi connectivity index (χ4n) is 2.17. The largest absolute Gasteiger partial charge is 0.348 e. The Morgan fingerprint density at radius 1 is 1.50 bits per heavy atom. The van der Waals surface area contributed by atoms with Crippen LogP contribution in [-0.2, 0) is 0 Å². The topological polar surface area (TPSA) is 41.1 Å². The Balaban J connectivity index is 2.04. The second-order valence-electron chi connectivity index (χ2n) is 5.01.